The van der Waals surface area contributed by atoms with Crippen LogP contribution in [0.3, 0.4) is 0 Å². The van der Waals surface area contributed by atoms with Crippen molar-refractivity contribution in [2.75, 3.05) is 31.1 Å². The molecule has 1 amide bonds. The highest BCUT2D eigenvalue weighted by Gasteiger charge is 2.33. The van der Waals surface area contributed by atoms with Crippen molar-refractivity contribution >= 4 is 33.2 Å². The molecule has 0 spiro atoms. The van der Waals surface area contributed by atoms with Crippen molar-refractivity contribution in [1.29, 1.82) is 0 Å². The summed E-state index contributed by atoms with van der Waals surface area (Å²) in [5.74, 6) is -0.445. The Morgan fingerprint density at radius 3 is 2.31 bits per heavy atom. The average molecular weight is 476 g/mol. The van der Waals surface area contributed by atoms with Gasteiger partial charge in [0.05, 0.1) is 10.8 Å². The van der Waals surface area contributed by atoms with E-state index < -0.39 is 10.0 Å². The fraction of sp³-hybridized carbons (Fsp3) is 0.458. The van der Waals surface area contributed by atoms with Crippen molar-refractivity contribution in [3.05, 3.63) is 59.1 Å². The normalized spacial score (nSPS) is 20.2. The number of carbonyl (C=O) groups is 1. The lowest BCUT2D eigenvalue weighted by atomic mass is 9.98. The zero-order valence-electron chi connectivity index (χ0n) is 18.2. The van der Waals surface area contributed by atoms with Gasteiger partial charge in [0, 0.05) is 43.4 Å². The summed E-state index contributed by atoms with van der Waals surface area (Å²) in [5.41, 5.74) is 2.27. The molecule has 1 N–H and O–H groups in total. The third-order valence-electron chi connectivity index (χ3n) is 6.33. The number of sulfonamides is 1. The van der Waals surface area contributed by atoms with Crippen LogP contribution in [-0.2, 0) is 21.4 Å². The predicted molar refractivity (Wildman–Crippen MR) is 127 cm³/mol. The van der Waals surface area contributed by atoms with Crippen LogP contribution < -0.4 is 10.2 Å². The molecule has 4 rings (SSSR count). The minimum Gasteiger partial charge on any atom is -0.372 e. The zero-order chi connectivity index (χ0) is 22.6. The van der Waals surface area contributed by atoms with Crippen LogP contribution in [0.25, 0.3) is 0 Å². The Balaban J connectivity index is 1.33. The number of benzene rings is 2. The molecular formula is C24H30ClN3O3S. The summed E-state index contributed by atoms with van der Waals surface area (Å²) >= 11 is 5.88. The van der Waals surface area contributed by atoms with Gasteiger partial charge in [-0.2, -0.15) is 4.31 Å². The van der Waals surface area contributed by atoms with Crippen LogP contribution >= 0.6 is 11.6 Å². The maximum Gasteiger partial charge on any atom is 0.243 e. The second-order valence-electron chi connectivity index (χ2n) is 8.59. The van der Waals surface area contributed by atoms with E-state index in [0.29, 0.717) is 31.0 Å². The maximum atomic E-state index is 13.0. The molecule has 0 aromatic heterocycles. The number of amides is 1. The van der Waals surface area contributed by atoms with Gasteiger partial charge in [-0.25, -0.2) is 8.42 Å². The summed E-state index contributed by atoms with van der Waals surface area (Å²) in [5, 5.41) is 3.49. The molecule has 6 nitrogen and oxygen atoms in total. The molecule has 0 unspecified atom stereocenters. The summed E-state index contributed by atoms with van der Waals surface area (Å²) in [6.45, 7) is 3.28. The van der Waals surface area contributed by atoms with Crippen molar-refractivity contribution in [3.8, 4) is 0 Å². The van der Waals surface area contributed by atoms with Crippen LogP contribution in [0.4, 0.5) is 5.69 Å². The smallest absolute Gasteiger partial charge is 0.243 e. The minimum absolute atomic E-state index is 0.0962. The second kappa shape index (κ2) is 10.2. The van der Waals surface area contributed by atoms with Gasteiger partial charge in [0.15, 0.2) is 0 Å². The number of hydrogen-bond acceptors (Lipinski definition) is 4. The fourth-order valence-electron chi connectivity index (χ4n) is 4.44. The number of rotatable bonds is 6. The van der Waals surface area contributed by atoms with Crippen LogP contribution in [0.2, 0.25) is 5.02 Å². The molecule has 2 aromatic rings. The summed E-state index contributed by atoms with van der Waals surface area (Å²) in [6, 6.07) is 14.5. The van der Waals surface area contributed by atoms with Gasteiger partial charge in [-0.15, -0.1) is 0 Å². The highest BCUT2D eigenvalue weighted by atomic mass is 35.5. The molecule has 0 radical (unpaired) electrons. The Kier molecular flexibility index (Phi) is 7.38. The molecule has 2 aliphatic rings. The van der Waals surface area contributed by atoms with Crippen molar-refractivity contribution in [2.45, 2.75) is 43.5 Å². The number of anilines is 1. The van der Waals surface area contributed by atoms with Gasteiger partial charge in [0.1, 0.15) is 0 Å². The standard InChI is InChI=1S/C24H30ClN3O3S/c25-21-8-12-23(13-9-21)32(30,31)28-16-4-5-20(18-28)24(29)26-17-19-6-10-22(11-7-19)27-14-2-1-3-15-27/h6-13,20H,1-5,14-18H2,(H,26,29)/t20-/m0/s1. The highest BCUT2D eigenvalue weighted by Crippen LogP contribution is 2.25. The molecule has 2 saturated heterocycles. The maximum absolute atomic E-state index is 13.0. The van der Waals surface area contributed by atoms with Gasteiger partial charge in [0.2, 0.25) is 15.9 Å². The van der Waals surface area contributed by atoms with Gasteiger partial charge in [-0.05, 0) is 74.1 Å². The molecule has 0 bridgehead atoms. The highest BCUT2D eigenvalue weighted by molar-refractivity contribution is 7.89. The third kappa shape index (κ3) is 5.45. The first kappa shape index (κ1) is 23.1. The minimum atomic E-state index is -3.64. The third-order valence-corrected chi connectivity index (χ3v) is 8.46. The number of halogens is 1. The van der Waals surface area contributed by atoms with Gasteiger partial charge in [-0.1, -0.05) is 23.7 Å². The Morgan fingerprint density at radius 2 is 1.62 bits per heavy atom. The lowest BCUT2D eigenvalue weighted by Crippen LogP contribution is -2.45. The van der Waals surface area contributed by atoms with Crippen molar-refractivity contribution in [2.24, 2.45) is 5.92 Å². The van der Waals surface area contributed by atoms with Crippen LogP contribution in [0, 0.1) is 5.92 Å². The van der Waals surface area contributed by atoms with E-state index in [1.165, 1.54) is 41.4 Å². The molecule has 0 saturated carbocycles. The SMILES string of the molecule is O=C(NCc1ccc(N2CCCCC2)cc1)[C@H]1CCCN(S(=O)(=O)c2ccc(Cl)cc2)C1. The van der Waals surface area contributed by atoms with E-state index in [2.05, 4.69) is 34.5 Å². The van der Waals surface area contributed by atoms with Gasteiger partial charge in [0.25, 0.3) is 0 Å². The van der Waals surface area contributed by atoms with Crippen LogP contribution in [0.15, 0.2) is 53.4 Å². The van der Waals surface area contributed by atoms with Gasteiger partial charge >= 0.3 is 0 Å². The first-order valence-corrected chi connectivity index (χ1v) is 13.1. The van der Waals surface area contributed by atoms with E-state index >= 15 is 0 Å². The number of hydrogen-bond donors (Lipinski definition) is 1. The number of nitrogens with zero attached hydrogens (tertiary/aromatic N) is 2. The number of carbonyl (C=O) groups excluding carboxylic acids is 1. The molecule has 8 heteroatoms. The fourth-order valence-corrected chi connectivity index (χ4v) is 6.09. The topological polar surface area (TPSA) is 69.7 Å². The van der Waals surface area contributed by atoms with Crippen LogP contribution in [0.5, 0.6) is 0 Å². The summed E-state index contributed by atoms with van der Waals surface area (Å²) in [7, 11) is -3.64. The van der Waals surface area contributed by atoms with Crippen molar-refractivity contribution in [1.82, 2.24) is 9.62 Å². The number of piperidine rings is 2. The predicted octanol–water partition coefficient (Wildman–Crippen LogP) is 4.05. The summed E-state index contributed by atoms with van der Waals surface area (Å²) < 4.78 is 27.3. The Labute approximate surface area is 195 Å². The molecule has 2 aromatic carbocycles. The zero-order valence-corrected chi connectivity index (χ0v) is 19.7. The lowest BCUT2D eigenvalue weighted by molar-refractivity contribution is -0.126. The number of nitrogens with one attached hydrogen (secondary N) is 1. The molecule has 2 fully saturated rings. The van der Waals surface area contributed by atoms with Crippen molar-refractivity contribution in [3.63, 3.8) is 0 Å². The average Bonchev–Trinajstić information content (AvgIpc) is 2.84. The van der Waals surface area contributed by atoms with E-state index in [4.69, 9.17) is 11.6 Å². The molecule has 2 heterocycles. The van der Waals surface area contributed by atoms with Gasteiger partial charge in [-0.3, -0.25) is 4.79 Å². The monoisotopic (exact) mass is 475 g/mol. The largest absolute Gasteiger partial charge is 0.372 e. The molecular weight excluding hydrogens is 446 g/mol. The van der Waals surface area contributed by atoms with E-state index in [9.17, 15) is 13.2 Å². The first-order valence-electron chi connectivity index (χ1n) is 11.3. The summed E-state index contributed by atoms with van der Waals surface area (Å²) in [6.07, 6.45) is 5.13. The molecule has 172 valence electrons. The Morgan fingerprint density at radius 1 is 0.938 bits per heavy atom. The molecule has 32 heavy (non-hydrogen) atoms. The second-order valence-corrected chi connectivity index (χ2v) is 11.0. The molecule has 2 aliphatic heterocycles. The van der Waals surface area contributed by atoms with E-state index in [1.54, 1.807) is 12.1 Å². The quantitative estimate of drug-likeness (QED) is 0.684. The lowest BCUT2D eigenvalue weighted by Gasteiger charge is -2.31. The van der Waals surface area contributed by atoms with E-state index in [1.807, 2.05) is 0 Å². The van der Waals surface area contributed by atoms with E-state index in [-0.39, 0.29) is 23.3 Å². The summed E-state index contributed by atoms with van der Waals surface area (Å²) in [4.78, 5) is 15.4. The van der Waals surface area contributed by atoms with Crippen LogP contribution in [0.1, 0.15) is 37.7 Å². The van der Waals surface area contributed by atoms with Crippen molar-refractivity contribution < 1.29 is 13.2 Å². The Bertz CT molecular complexity index is 1020. The van der Waals surface area contributed by atoms with E-state index in [0.717, 1.165) is 18.7 Å². The molecule has 0 aliphatic carbocycles. The Hall–Kier alpha value is -2.09. The first-order chi connectivity index (χ1) is 15.4. The van der Waals surface area contributed by atoms with Gasteiger partial charge < -0.3 is 10.2 Å². The molecule has 1 atom stereocenters. The van der Waals surface area contributed by atoms with Crippen LogP contribution in [-0.4, -0.2) is 44.8 Å².